The summed E-state index contributed by atoms with van der Waals surface area (Å²) >= 11 is 0. The highest BCUT2D eigenvalue weighted by molar-refractivity contribution is 6.02. The minimum absolute atomic E-state index is 0.201. The van der Waals surface area contributed by atoms with Gasteiger partial charge in [0.25, 0.3) is 5.91 Å². The molecule has 206 valence electrons. The second-order valence-corrected chi connectivity index (χ2v) is 8.01. The average molecular weight is 554 g/mol. The van der Waals surface area contributed by atoms with Gasteiger partial charge in [-0.15, -0.1) is 0 Å². The van der Waals surface area contributed by atoms with Crippen LogP contribution in [0.25, 0.3) is 5.52 Å². The van der Waals surface area contributed by atoms with Crippen molar-refractivity contribution in [3.05, 3.63) is 94.4 Å². The molecule has 2 aromatic heterocycles. The topological polar surface area (TPSA) is 105 Å². The number of alkyl halides is 3. The quantitative estimate of drug-likeness (QED) is 0.220. The third-order valence-electron chi connectivity index (χ3n) is 5.08. The zero-order valence-corrected chi connectivity index (χ0v) is 20.2. The molecule has 4 rings (SSSR count). The molecular formula is C25H20F6N4O4. The molecule has 2 aromatic carbocycles. The van der Waals surface area contributed by atoms with E-state index in [-0.39, 0.29) is 18.1 Å². The summed E-state index contributed by atoms with van der Waals surface area (Å²) in [6.07, 6.45) is -5.08. The van der Waals surface area contributed by atoms with Gasteiger partial charge >= 0.3 is 12.1 Å². The first kappa shape index (κ1) is 28.8. The Morgan fingerprint density at radius 3 is 2.15 bits per heavy atom. The van der Waals surface area contributed by atoms with Gasteiger partial charge in [0, 0.05) is 6.07 Å². The van der Waals surface area contributed by atoms with Crippen molar-refractivity contribution in [2.45, 2.75) is 26.6 Å². The second kappa shape index (κ2) is 11.8. The number of anilines is 1. The number of hydrazine groups is 1. The highest BCUT2D eigenvalue weighted by atomic mass is 19.4. The summed E-state index contributed by atoms with van der Waals surface area (Å²) in [7, 11) is 0. The average Bonchev–Trinajstić information content (AvgIpc) is 3.18. The lowest BCUT2D eigenvalue weighted by Gasteiger charge is -2.11. The van der Waals surface area contributed by atoms with Crippen LogP contribution in [0.5, 0.6) is 5.88 Å². The summed E-state index contributed by atoms with van der Waals surface area (Å²) in [6, 6.07) is 12.5. The molecule has 0 bridgehead atoms. The summed E-state index contributed by atoms with van der Waals surface area (Å²) < 4.78 is 79.8. The van der Waals surface area contributed by atoms with Gasteiger partial charge in [0.2, 0.25) is 5.88 Å². The molecule has 0 radical (unpaired) electrons. The molecule has 2 heterocycles. The van der Waals surface area contributed by atoms with E-state index < -0.39 is 35.5 Å². The van der Waals surface area contributed by atoms with E-state index in [2.05, 4.69) is 16.0 Å². The first-order chi connectivity index (χ1) is 18.3. The zero-order chi connectivity index (χ0) is 28.9. The number of aliphatic carboxylic acids is 1. The number of carbonyl (C=O) groups excluding carboxylic acids is 1. The SMILES string of the molecule is Cc1cc(OCc2c(F)cccc2F)n2nc(C)c(C(=O)NNc3ccc(F)cc3)c2c1.O=C(O)C(F)(F)F. The molecule has 0 aliphatic carbocycles. The van der Waals surface area contributed by atoms with Crippen LogP contribution in [0.15, 0.2) is 54.6 Å². The van der Waals surface area contributed by atoms with E-state index in [0.29, 0.717) is 22.5 Å². The maximum absolute atomic E-state index is 13.9. The molecule has 0 fully saturated rings. The number of carboxylic acid groups (broad SMARTS) is 1. The number of halogens is 6. The normalized spacial score (nSPS) is 11.0. The molecule has 39 heavy (non-hydrogen) atoms. The van der Waals surface area contributed by atoms with Gasteiger partial charge in [-0.1, -0.05) is 6.07 Å². The fourth-order valence-corrected chi connectivity index (χ4v) is 3.28. The number of aromatic nitrogens is 2. The number of aryl methyl sites for hydroxylation is 2. The molecular weight excluding hydrogens is 534 g/mol. The first-order valence-corrected chi connectivity index (χ1v) is 11.0. The maximum Gasteiger partial charge on any atom is 0.490 e. The van der Waals surface area contributed by atoms with Gasteiger partial charge < -0.3 is 9.84 Å². The van der Waals surface area contributed by atoms with Gasteiger partial charge in [0.05, 0.1) is 28.0 Å². The lowest BCUT2D eigenvalue weighted by atomic mass is 10.1. The third kappa shape index (κ3) is 7.18. The van der Waals surface area contributed by atoms with Gasteiger partial charge in [0.1, 0.15) is 24.1 Å². The number of fused-ring (bicyclic) bond motifs is 1. The van der Waals surface area contributed by atoms with Crippen molar-refractivity contribution in [2.24, 2.45) is 0 Å². The first-order valence-electron chi connectivity index (χ1n) is 11.0. The van der Waals surface area contributed by atoms with E-state index in [1.54, 1.807) is 26.0 Å². The molecule has 14 heteroatoms. The van der Waals surface area contributed by atoms with Crippen LogP contribution in [-0.2, 0) is 11.4 Å². The number of rotatable bonds is 6. The van der Waals surface area contributed by atoms with Crippen LogP contribution in [-0.4, -0.2) is 32.8 Å². The molecule has 0 aliphatic heterocycles. The molecule has 0 unspecified atom stereocenters. The Morgan fingerprint density at radius 1 is 1.00 bits per heavy atom. The number of nitrogens with one attached hydrogen (secondary N) is 2. The van der Waals surface area contributed by atoms with Crippen molar-refractivity contribution < 1.29 is 45.8 Å². The Morgan fingerprint density at radius 2 is 1.59 bits per heavy atom. The van der Waals surface area contributed by atoms with Gasteiger partial charge in [-0.2, -0.15) is 22.8 Å². The highest BCUT2D eigenvalue weighted by Crippen LogP contribution is 2.25. The highest BCUT2D eigenvalue weighted by Gasteiger charge is 2.38. The van der Waals surface area contributed by atoms with E-state index in [1.807, 2.05) is 0 Å². The number of hydrogen-bond donors (Lipinski definition) is 3. The third-order valence-corrected chi connectivity index (χ3v) is 5.08. The number of hydrogen-bond acceptors (Lipinski definition) is 5. The number of nitrogens with zero attached hydrogens (tertiary/aromatic N) is 2. The van der Waals surface area contributed by atoms with E-state index >= 15 is 0 Å². The van der Waals surface area contributed by atoms with Crippen LogP contribution in [0.2, 0.25) is 0 Å². The summed E-state index contributed by atoms with van der Waals surface area (Å²) in [6.45, 7) is 3.12. The number of benzene rings is 2. The zero-order valence-electron chi connectivity index (χ0n) is 20.2. The monoisotopic (exact) mass is 554 g/mol. The molecule has 0 spiro atoms. The minimum atomic E-state index is -5.08. The largest absolute Gasteiger partial charge is 0.490 e. The lowest BCUT2D eigenvalue weighted by molar-refractivity contribution is -0.192. The van der Waals surface area contributed by atoms with Crippen LogP contribution in [0.4, 0.5) is 32.0 Å². The Labute approximate surface area is 216 Å². The van der Waals surface area contributed by atoms with Crippen LogP contribution < -0.4 is 15.6 Å². The Hall–Kier alpha value is -4.75. The van der Waals surface area contributed by atoms with Crippen molar-refractivity contribution in [1.29, 1.82) is 0 Å². The molecule has 0 atom stereocenters. The standard InChI is InChI=1S/C23H19F3N4O2.C2HF3O2/c1-13-10-20-22(23(31)28-27-16-8-6-15(24)7-9-16)14(2)29-30(20)21(11-13)32-12-17-18(25)4-3-5-19(17)26;3-2(4,5)1(6)7/h3-11,27H,12H2,1-2H3,(H,28,31);(H,6,7). The number of carbonyl (C=O) groups is 2. The Bertz CT molecular complexity index is 1480. The fourth-order valence-electron chi connectivity index (χ4n) is 3.28. The van der Waals surface area contributed by atoms with Crippen LogP contribution in [0.1, 0.15) is 27.2 Å². The summed E-state index contributed by atoms with van der Waals surface area (Å²) in [5.41, 5.74) is 7.53. The van der Waals surface area contributed by atoms with Gasteiger partial charge in [0.15, 0.2) is 0 Å². The summed E-state index contributed by atoms with van der Waals surface area (Å²) in [5, 5.41) is 11.5. The number of carboxylic acids is 1. The molecule has 4 aromatic rings. The molecule has 8 nitrogen and oxygen atoms in total. The van der Waals surface area contributed by atoms with Crippen molar-refractivity contribution >= 4 is 23.1 Å². The maximum atomic E-state index is 13.9. The van der Waals surface area contributed by atoms with Crippen molar-refractivity contribution in [3.63, 3.8) is 0 Å². The van der Waals surface area contributed by atoms with Gasteiger partial charge in [-0.25, -0.2) is 18.0 Å². The Kier molecular flexibility index (Phi) is 8.68. The van der Waals surface area contributed by atoms with E-state index in [0.717, 1.165) is 17.7 Å². The minimum Gasteiger partial charge on any atom is -0.475 e. The fraction of sp³-hybridized carbons (Fsp3) is 0.160. The molecule has 1 amide bonds. The van der Waals surface area contributed by atoms with Crippen LogP contribution in [0, 0.1) is 31.3 Å². The van der Waals surface area contributed by atoms with Crippen molar-refractivity contribution in [2.75, 3.05) is 5.43 Å². The molecule has 3 N–H and O–H groups in total. The second-order valence-electron chi connectivity index (χ2n) is 8.01. The molecule has 0 saturated heterocycles. The van der Waals surface area contributed by atoms with Crippen LogP contribution >= 0.6 is 0 Å². The smallest absolute Gasteiger partial charge is 0.475 e. The van der Waals surface area contributed by atoms with E-state index in [4.69, 9.17) is 14.6 Å². The predicted molar refractivity (Wildman–Crippen MR) is 127 cm³/mol. The lowest BCUT2D eigenvalue weighted by Crippen LogP contribution is -2.29. The van der Waals surface area contributed by atoms with Crippen LogP contribution in [0.3, 0.4) is 0 Å². The number of amides is 1. The van der Waals surface area contributed by atoms with Crippen molar-refractivity contribution in [3.8, 4) is 5.88 Å². The summed E-state index contributed by atoms with van der Waals surface area (Å²) in [5.74, 6) is -4.80. The van der Waals surface area contributed by atoms with E-state index in [1.165, 1.54) is 34.8 Å². The van der Waals surface area contributed by atoms with Gasteiger partial charge in [-0.05, 0) is 61.9 Å². The van der Waals surface area contributed by atoms with E-state index in [9.17, 15) is 31.1 Å². The van der Waals surface area contributed by atoms with Crippen molar-refractivity contribution in [1.82, 2.24) is 15.0 Å². The number of pyridine rings is 1. The molecule has 0 saturated carbocycles. The number of ether oxygens (including phenoxy) is 1. The Balaban J connectivity index is 0.000000532. The summed E-state index contributed by atoms with van der Waals surface area (Å²) in [4.78, 5) is 21.7. The predicted octanol–water partition coefficient (Wildman–Crippen LogP) is 5.34. The van der Waals surface area contributed by atoms with Gasteiger partial charge in [-0.3, -0.25) is 15.6 Å². The molecule has 0 aliphatic rings.